The van der Waals surface area contributed by atoms with E-state index in [0.29, 0.717) is 19.3 Å². The monoisotopic (exact) mass is 858 g/mol. The lowest BCUT2D eigenvalue weighted by Gasteiger charge is -2.24. The lowest BCUT2D eigenvalue weighted by Crippen LogP contribution is -2.46. The van der Waals surface area contributed by atoms with Gasteiger partial charge in [0.25, 0.3) is 0 Å². The second-order valence-corrected chi connectivity index (χ2v) is 18.3. The molecule has 0 rings (SSSR count). The van der Waals surface area contributed by atoms with Crippen molar-refractivity contribution in [2.24, 2.45) is 0 Å². The molecule has 1 amide bonds. The summed E-state index contributed by atoms with van der Waals surface area (Å²) >= 11 is 0. The number of ether oxygens (including phenoxy) is 1. The van der Waals surface area contributed by atoms with E-state index >= 15 is 0 Å². The Morgan fingerprint density at radius 1 is 0.475 bits per heavy atom. The van der Waals surface area contributed by atoms with Crippen LogP contribution in [0.15, 0.2) is 36.5 Å². The zero-order valence-electron chi connectivity index (χ0n) is 40.8. The van der Waals surface area contributed by atoms with Crippen LogP contribution in [0, 0.1) is 0 Å². The minimum atomic E-state index is -0.792. The van der Waals surface area contributed by atoms with Crippen molar-refractivity contribution in [3.8, 4) is 0 Å². The number of esters is 1. The van der Waals surface area contributed by atoms with Crippen LogP contribution in [0.3, 0.4) is 0 Å². The Hall–Kier alpha value is -1.92. The van der Waals surface area contributed by atoms with Gasteiger partial charge in [-0.15, -0.1) is 0 Å². The van der Waals surface area contributed by atoms with Gasteiger partial charge in [-0.2, -0.15) is 0 Å². The number of rotatable bonds is 48. The van der Waals surface area contributed by atoms with Gasteiger partial charge in [-0.25, -0.2) is 0 Å². The standard InChI is InChI=1S/C55H103NO5/c1-4-7-10-13-16-19-21-23-25-26-27-29-31-33-36-39-42-45-48-55(60)61-51(46-43-40-37-34-18-15-12-9-6-3)49-54(59)56-52(50-57)53(58)47-44-41-38-35-32-30-28-24-22-20-17-14-11-8-5-2/h15,18,25-27,29,51-53,57-58H,4-14,16-17,19-24,28,30-50H2,1-3H3,(H,56,59)/b18-15-,26-25+,29-27+. The molecule has 3 atom stereocenters. The molecule has 0 heterocycles. The Balaban J connectivity index is 4.45. The van der Waals surface area contributed by atoms with Crippen LogP contribution >= 0.6 is 0 Å². The molecule has 0 aliphatic carbocycles. The second-order valence-electron chi connectivity index (χ2n) is 18.3. The van der Waals surface area contributed by atoms with Crippen LogP contribution in [-0.2, 0) is 14.3 Å². The van der Waals surface area contributed by atoms with Crippen LogP contribution in [0.25, 0.3) is 0 Å². The normalized spacial score (nSPS) is 13.5. The van der Waals surface area contributed by atoms with Crippen molar-refractivity contribution in [2.45, 2.75) is 296 Å². The minimum absolute atomic E-state index is 0.0622. The number of aliphatic hydroxyl groups is 2. The molecule has 0 aromatic heterocycles. The molecule has 3 unspecified atom stereocenters. The molecule has 0 saturated carbocycles. The summed E-state index contributed by atoms with van der Waals surface area (Å²) in [6.45, 7) is 6.44. The van der Waals surface area contributed by atoms with E-state index in [1.807, 2.05) is 0 Å². The molecular weight excluding hydrogens is 755 g/mol. The summed E-state index contributed by atoms with van der Waals surface area (Å²) in [6.07, 6.45) is 57.8. The number of hydrogen-bond acceptors (Lipinski definition) is 5. The molecule has 0 aromatic carbocycles. The van der Waals surface area contributed by atoms with E-state index in [4.69, 9.17) is 4.74 Å². The molecule has 61 heavy (non-hydrogen) atoms. The van der Waals surface area contributed by atoms with Gasteiger partial charge in [0.15, 0.2) is 0 Å². The highest BCUT2D eigenvalue weighted by Gasteiger charge is 2.24. The average Bonchev–Trinajstić information content (AvgIpc) is 3.25. The van der Waals surface area contributed by atoms with Crippen LogP contribution in [-0.4, -0.2) is 46.9 Å². The van der Waals surface area contributed by atoms with Crippen molar-refractivity contribution in [3.05, 3.63) is 36.5 Å². The number of nitrogens with one attached hydrogen (secondary N) is 1. The number of unbranched alkanes of at least 4 members (excludes halogenated alkanes) is 31. The number of amides is 1. The molecule has 6 nitrogen and oxygen atoms in total. The van der Waals surface area contributed by atoms with Gasteiger partial charge >= 0.3 is 5.97 Å². The predicted octanol–water partition coefficient (Wildman–Crippen LogP) is 16.1. The third-order valence-corrected chi connectivity index (χ3v) is 12.2. The highest BCUT2D eigenvalue weighted by molar-refractivity contribution is 5.77. The Morgan fingerprint density at radius 3 is 1.33 bits per heavy atom. The van der Waals surface area contributed by atoms with E-state index in [1.165, 1.54) is 148 Å². The number of carbonyl (C=O) groups is 2. The summed E-state index contributed by atoms with van der Waals surface area (Å²) in [5.74, 6) is -0.501. The summed E-state index contributed by atoms with van der Waals surface area (Å²) in [5.41, 5.74) is 0. The third-order valence-electron chi connectivity index (χ3n) is 12.2. The first kappa shape index (κ1) is 59.1. The molecular formula is C55H103NO5. The number of aliphatic hydroxyl groups excluding tert-OH is 2. The van der Waals surface area contributed by atoms with Crippen molar-refractivity contribution in [1.82, 2.24) is 5.32 Å². The molecule has 0 aromatic rings. The number of hydrogen-bond donors (Lipinski definition) is 3. The molecule has 358 valence electrons. The zero-order chi connectivity index (χ0) is 44.5. The maximum absolute atomic E-state index is 13.2. The van der Waals surface area contributed by atoms with E-state index < -0.39 is 18.2 Å². The Bertz CT molecular complexity index is 1010. The van der Waals surface area contributed by atoms with Gasteiger partial charge in [0.1, 0.15) is 6.10 Å². The first-order valence-corrected chi connectivity index (χ1v) is 26.7. The third kappa shape index (κ3) is 44.5. The zero-order valence-corrected chi connectivity index (χ0v) is 40.8. The fourth-order valence-corrected chi connectivity index (χ4v) is 8.11. The van der Waals surface area contributed by atoms with Crippen LogP contribution in [0.2, 0.25) is 0 Å². The Morgan fingerprint density at radius 2 is 0.852 bits per heavy atom. The van der Waals surface area contributed by atoms with E-state index in [9.17, 15) is 19.8 Å². The topological polar surface area (TPSA) is 95.9 Å². The smallest absolute Gasteiger partial charge is 0.306 e. The van der Waals surface area contributed by atoms with Crippen LogP contribution in [0.5, 0.6) is 0 Å². The van der Waals surface area contributed by atoms with Crippen molar-refractivity contribution in [1.29, 1.82) is 0 Å². The lowest BCUT2D eigenvalue weighted by molar-refractivity contribution is -0.151. The predicted molar refractivity (Wildman–Crippen MR) is 264 cm³/mol. The summed E-state index contributed by atoms with van der Waals surface area (Å²) in [7, 11) is 0. The van der Waals surface area contributed by atoms with Crippen molar-refractivity contribution in [2.75, 3.05) is 6.61 Å². The lowest BCUT2D eigenvalue weighted by atomic mass is 10.0. The summed E-state index contributed by atoms with van der Waals surface area (Å²) < 4.78 is 5.91. The number of allylic oxidation sites excluding steroid dienone is 6. The van der Waals surface area contributed by atoms with Crippen LogP contribution < -0.4 is 5.32 Å². The fraction of sp³-hybridized carbons (Fsp3) is 0.855. The van der Waals surface area contributed by atoms with E-state index in [1.54, 1.807) is 0 Å². The molecule has 0 aliphatic rings. The Labute approximate surface area is 379 Å². The van der Waals surface area contributed by atoms with Gasteiger partial charge in [-0.1, -0.05) is 231 Å². The van der Waals surface area contributed by atoms with Gasteiger partial charge in [-0.05, 0) is 70.6 Å². The summed E-state index contributed by atoms with van der Waals surface area (Å²) in [6, 6.07) is -0.707. The molecule has 0 radical (unpaired) electrons. The summed E-state index contributed by atoms with van der Waals surface area (Å²) in [5, 5.41) is 23.8. The maximum atomic E-state index is 13.2. The number of carbonyl (C=O) groups excluding carboxylic acids is 2. The molecule has 0 fully saturated rings. The molecule has 0 saturated heterocycles. The maximum Gasteiger partial charge on any atom is 0.306 e. The van der Waals surface area contributed by atoms with E-state index in [0.717, 1.165) is 83.5 Å². The SMILES string of the molecule is CCCC/C=C\CCCCCC(CC(=O)NC(CO)C(O)CCCCCCCCCCCCCCCCC)OC(=O)CCCCCCC/C=C/C=C/CCCCCCCCC. The van der Waals surface area contributed by atoms with Gasteiger partial charge in [0, 0.05) is 6.42 Å². The van der Waals surface area contributed by atoms with E-state index in [2.05, 4.69) is 62.5 Å². The summed E-state index contributed by atoms with van der Waals surface area (Å²) in [4.78, 5) is 26.1. The second kappa shape index (κ2) is 49.1. The van der Waals surface area contributed by atoms with Gasteiger partial charge in [0.05, 0.1) is 25.2 Å². The van der Waals surface area contributed by atoms with Gasteiger partial charge in [-0.3, -0.25) is 9.59 Å². The quantitative estimate of drug-likeness (QED) is 0.0245. The highest BCUT2D eigenvalue weighted by atomic mass is 16.5. The minimum Gasteiger partial charge on any atom is -0.462 e. The molecule has 0 bridgehead atoms. The average molecular weight is 858 g/mol. The fourth-order valence-electron chi connectivity index (χ4n) is 8.11. The largest absolute Gasteiger partial charge is 0.462 e. The van der Waals surface area contributed by atoms with Crippen LogP contribution in [0.4, 0.5) is 0 Å². The van der Waals surface area contributed by atoms with E-state index in [-0.39, 0.29) is 24.9 Å². The van der Waals surface area contributed by atoms with Crippen molar-refractivity contribution >= 4 is 11.9 Å². The van der Waals surface area contributed by atoms with Gasteiger partial charge < -0.3 is 20.3 Å². The van der Waals surface area contributed by atoms with Crippen molar-refractivity contribution < 1.29 is 24.5 Å². The molecule has 6 heteroatoms. The van der Waals surface area contributed by atoms with Gasteiger partial charge in [0.2, 0.25) is 5.91 Å². The molecule has 0 spiro atoms. The highest BCUT2D eigenvalue weighted by Crippen LogP contribution is 2.18. The van der Waals surface area contributed by atoms with Crippen molar-refractivity contribution in [3.63, 3.8) is 0 Å². The molecule has 3 N–H and O–H groups in total. The Kier molecular flexibility index (Phi) is 47.6. The first-order chi connectivity index (χ1) is 30.0. The first-order valence-electron chi connectivity index (χ1n) is 26.7. The van der Waals surface area contributed by atoms with Crippen LogP contribution in [0.1, 0.15) is 278 Å². The molecule has 0 aliphatic heterocycles.